The molecule has 1 aliphatic heterocycles. The van der Waals surface area contributed by atoms with Crippen molar-refractivity contribution in [2.45, 2.75) is 31.8 Å². The molecule has 1 N–H and O–H groups in total. The molecule has 2 atom stereocenters. The second-order valence-electron chi connectivity index (χ2n) is 4.73. The summed E-state index contributed by atoms with van der Waals surface area (Å²) in [5.41, 5.74) is 1.30. The Bertz CT molecular complexity index is 545. The van der Waals surface area contributed by atoms with E-state index in [0.29, 0.717) is 17.5 Å². The number of ether oxygens (including phenoxy) is 4. The number of rotatable bonds is 4. The topological polar surface area (TPSA) is 91.3 Å². The molecule has 0 amide bonds. The first-order valence-electron chi connectivity index (χ1n) is 6.80. The minimum Gasteiger partial charge on any atom is -0.508 e. The lowest BCUT2D eigenvalue weighted by molar-refractivity contribution is -0.160. The van der Waals surface area contributed by atoms with Crippen molar-refractivity contribution in [2.24, 2.45) is 0 Å². The summed E-state index contributed by atoms with van der Waals surface area (Å²) in [6.45, 7) is 1.89. The molecule has 2 rings (SSSR count). The molecular formula is C15H18O7. The second-order valence-corrected chi connectivity index (χ2v) is 4.73. The average Bonchev–Trinajstić information content (AvgIpc) is 2.99. The van der Waals surface area contributed by atoms with Gasteiger partial charge in [0.05, 0.1) is 14.2 Å². The highest BCUT2D eigenvalue weighted by Gasteiger charge is 2.47. The van der Waals surface area contributed by atoms with Gasteiger partial charge in [0.2, 0.25) is 0 Å². The second kappa shape index (κ2) is 6.76. The summed E-state index contributed by atoms with van der Waals surface area (Å²) >= 11 is 0. The Morgan fingerprint density at radius 2 is 1.68 bits per heavy atom. The lowest BCUT2D eigenvalue weighted by Gasteiger charge is -2.12. The van der Waals surface area contributed by atoms with Gasteiger partial charge in [0.1, 0.15) is 5.75 Å². The van der Waals surface area contributed by atoms with E-state index in [2.05, 4.69) is 9.47 Å². The maximum atomic E-state index is 11.7. The van der Waals surface area contributed by atoms with Gasteiger partial charge in [-0.3, -0.25) is 0 Å². The normalized spacial score (nSPS) is 24.0. The third-order valence-electron chi connectivity index (χ3n) is 3.44. The first kappa shape index (κ1) is 16.3. The van der Waals surface area contributed by atoms with Crippen LogP contribution in [0.5, 0.6) is 5.75 Å². The molecule has 1 aromatic rings. The average molecular weight is 310 g/mol. The minimum atomic E-state index is -1.19. The molecule has 0 aliphatic carbocycles. The Morgan fingerprint density at radius 3 is 2.14 bits per heavy atom. The number of aromatic hydroxyl groups is 1. The third kappa shape index (κ3) is 3.05. The Morgan fingerprint density at radius 1 is 1.14 bits per heavy atom. The number of hydrogen-bond donors (Lipinski definition) is 1. The van der Waals surface area contributed by atoms with Crippen LogP contribution in [0.15, 0.2) is 18.2 Å². The van der Waals surface area contributed by atoms with Crippen molar-refractivity contribution >= 4 is 11.9 Å². The van der Waals surface area contributed by atoms with Gasteiger partial charge in [-0.25, -0.2) is 9.59 Å². The van der Waals surface area contributed by atoms with Crippen molar-refractivity contribution in [3.63, 3.8) is 0 Å². The molecule has 1 saturated heterocycles. The van der Waals surface area contributed by atoms with Gasteiger partial charge in [0.25, 0.3) is 0 Å². The van der Waals surface area contributed by atoms with E-state index in [1.807, 2.05) is 6.92 Å². The standard InChI is InChI=1S/C15H18O7/c1-4-8-7-9(5-6-10(8)16)15-21-11(13(17)19-2)12(22-15)14(18)20-3/h5-7,11-12,15-16H,4H2,1-3H3. The van der Waals surface area contributed by atoms with Crippen LogP contribution in [0, 0.1) is 0 Å². The molecule has 7 nitrogen and oxygen atoms in total. The maximum absolute atomic E-state index is 11.7. The van der Waals surface area contributed by atoms with E-state index in [-0.39, 0.29) is 5.75 Å². The molecule has 0 radical (unpaired) electrons. The lowest BCUT2D eigenvalue weighted by atomic mass is 10.1. The van der Waals surface area contributed by atoms with Gasteiger partial charge in [-0.05, 0) is 24.1 Å². The number of esters is 2. The van der Waals surface area contributed by atoms with Crippen molar-refractivity contribution in [2.75, 3.05) is 14.2 Å². The number of phenols is 1. The quantitative estimate of drug-likeness (QED) is 0.832. The molecule has 1 aliphatic rings. The summed E-state index contributed by atoms with van der Waals surface area (Å²) in [5, 5.41) is 9.70. The Kier molecular flexibility index (Phi) is 4.99. The molecule has 1 aromatic carbocycles. The van der Waals surface area contributed by atoms with Gasteiger partial charge in [-0.15, -0.1) is 0 Å². The summed E-state index contributed by atoms with van der Waals surface area (Å²) in [7, 11) is 2.40. The van der Waals surface area contributed by atoms with E-state index < -0.39 is 30.4 Å². The molecule has 1 heterocycles. The van der Waals surface area contributed by atoms with Crippen molar-refractivity contribution < 1.29 is 33.6 Å². The number of methoxy groups -OCH3 is 2. The van der Waals surface area contributed by atoms with E-state index in [9.17, 15) is 14.7 Å². The highest BCUT2D eigenvalue weighted by molar-refractivity contribution is 5.86. The summed E-state index contributed by atoms with van der Waals surface area (Å²) in [6.07, 6.45) is -2.69. The zero-order valence-corrected chi connectivity index (χ0v) is 12.6. The van der Waals surface area contributed by atoms with E-state index in [1.54, 1.807) is 12.1 Å². The smallest absolute Gasteiger partial charge is 0.338 e. The fourth-order valence-electron chi connectivity index (χ4n) is 2.22. The fourth-order valence-corrected chi connectivity index (χ4v) is 2.22. The first-order valence-corrected chi connectivity index (χ1v) is 6.80. The van der Waals surface area contributed by atoms with E-state index in [4.69, 9.17) is 9.47 Å². The number of phenolic OH excluding ortho intramolecular Hbond substituents is 1. The van der Waals surface area contributed by atoms with Gasteiger partial charge in [-0.1, -0.05) is 13.0 Å². The number of carbonyl (C=O) groups is 2. The lowest BCUT2D eigenvalue weighted by Crippen LogP contribution is -2.38. The van der Waals surface area contributed by atoms with Crippen molar-refractivity contribution in [1.29, 1.82) is 0 Å². The van der Waals surface area contributed by atoms with Gasteiger partial charge in [-0.2, -0.15) is 0 Å². The summed E-state index contributed by atoms with van der Waals surface area (Å²) < 4.78 is 20.2. The van der Waals surface area contributed by atoms with Gasteiger partial charge in [0, 0.05) is 5.56 Å². The molecule has 0 saturated carbocycles. The van der Waals surface area contributed by atoms with Crippen LogP contribution in [-0.4, -0.2) is 43.5 Å². The fraction of sp³-hybridized carbons (Fsp3) is 0.467. The minimum absolute atomic E-state index is 0.165. The van der Waals surface area contributed by atoms with E-state index in [1.165, 1.54) is 20.3 Å². The summed E-state index contributed by atoms with van der Waals surface area (Å²) in [4.78, 5) is 23.4. The van der Waals surface area contributed by atoms with Crippen LogP contribution in [-0.2, 0) is 35.0 Å². The van der Waals surface area contributed by atoms with Crippen molar-refractivity contribution in [3.8, 4) is 5.75 Å². The van der Waals surface area contributed by atoms with Crippen LogP contribution in [0.2, 0.25) is 0 Å². The zero-order valence-electron chi connectivity index (χ0n) is 12.6. The summed E-state index contributed by atoms with van der Waals surface area (Å²) in [5.74, 6) is -1.27. The zero-order chi connectivity index (χ0) is 16.3. The van der Waals surface area contributed by atoms with Crippen LogP contribution in [0.4, 0.5) is 0 Å². The van der Waals surface area contributed by atoms with Crippen molar-refractivity contribution in [1.82, 2.24) is 0 Å². The number of carbonyl (C=O) groups excluding carboxylic acids is 2. The Labute approximate surface area is 127 Å². The Balaban J connectivity index is 2.26. The molecular weight excluding hydrogens is 292 g/mol. The number of benzene rings is 1. The molecule has 22 heavy (non-hydrogen) atoms. The molecule has 0 spiro atoms. The van der Waals surface area contributed by atoms with Crippen LogP contribution < -0.4 is 0 Å². The molecule has 120 valence electrons. The van der Waals surface area contributed by atoms with Gasteiger partial charge in [0.15, 0.2) is 18.5 Å². The SMILES string of the molecule is CCc1cc(C2OC(C(=O)OC)C(C(=O)OC)O2)ccc1O. The van der Waals surface area contributed by atoms with E-state index >= 15 is 0 Å². The molecule has 2 unspecified atom stereocenters. The Hall–Kier alpha value is -2.12. The van der Waals surface area contributed by atoms with Crippen molar-refractivity contribution in [3.05, 3.63) is 29.3 Å². The predicted octanol–water partition coefficient (Wildman–Crippen LogP) is 1.08. The molecule has 0 bridgehead atoms. The first-order chi connectivity index (χ1) is 10.5. The van der Waals surface area contributed by atoms with Gasteiger partial charge >= 0.3 is 11.9 Å². The van der Waals surface area contributed by atoms with Crippen LogP contribution in [0.3, 0.4) is 0 Å². The van der Waals surface area contributed by atoms with Crippen LogP contribution >= 0.6 is 0 Å². The monoisotopic (exact) mass is 310 g/mol. The number of aryl methyl sites for hydroxylation is 1. The largest absolute Gasteiger partial charge is 0.508 e. The van der Waals surface area contributed by atoms with Crippen LogP contribution in [0.1, 0.15) is 24.3 Å². The predicted molar refractivity (Wildman–Crippen MR) is 74.0 cm³/mol. The molecule has 0 aromatic heterocycles. The third-order valence-corrected chi connectivity index (χ3v) is 3.44. The maximum Gasteiger partial charge on any atom is 0.338 e. The highest BCUT2D eigenvalue weighted by Crippen LogP contribution is 2.34. The molecule has 1 fully saturated rings. The van der Waals surface area contributed by atoms with E-state index in [0.717, 1.165) is 0 Å². The van der Waals surface area contributed by atoms with Gasteiger partial charge < -0.3 is 24.1 Å². The molecule has 7 heteroatoms. The van der Waals surface area contributed by atoms with Crippen LogP contribution in [0.25, 0.3) is 0 Å². The summed E-state index contributed by atoms with van der Waals surface area (Å²) in [6, 6.07) is 4.82. The highest BCUT2D eigenvalue weighted by atomic mass is 16.8. The number of hydrogen-bond acceptors (Lipinski definition) is 7.